The fourth-order valence-electron chi connectivity index (χ4n) is 1.65. The average Bonchev–Trinajstić information content (AvgIpc) is 2.70. The third kappa shape index (κ3) is 3.27. The van der Waals surface area contributed by atoms with E-state index in [9.17, 15) is 4.79 Å². The second-order valence-electron chi connectivity index (χ2n) is 4.75. The van der Waals surface area contributed by atoms with Crippen LogP contribution in [0.3, 0.4) is 0 Å². The number of aromatic nitrogens is 1. The van der Waals surface area contributed by atoms with Crippen molar-refractivity contribution in [3.63, 3.8) is 0 Å². The highest BCUT2D eigenvalue weighted by Gasteiger charge is 2.20. The Kier molecular flexibility index (Phi) is 4.48. The van der Waals surface area contributed by atoms with Gasteiger partial charge in [-0.3, -0.25) is 4.79 Å². The van der Waals surface area contributed by atoms with E-state index < -0.39 is 0 Å². The number of carbonyl (C=O) groups is 1. The highest BCUT2D eigenvalue weighted by molar-refractivity contribution is 9.10. The molecule has 0 fully saturated rings. The van der Waals surface area contributed by atoms with Gasteiger partial charge in [-0.15, -0.1) is 0 Å². The van der Waals surface area contributed by atoms with E-state index in [1.165, 1.54) is 11.3 Å². The van der Waals surface area contributed by atoms with Gasteiger partial charge in [-0.2, -0.15) is 0 Å². The van der Waals surface area contributed by atoms with Crippen LogP contribution in [0.15, 0.2) is 12.1 Å². The average molecular weight is 362 g/mol. The van der Waals surface area contributed by atoms with Crippen LogP contribution < -0.4 is 5.32 Å². The van der Waals surface area contributed by atoms with Gasteiger partial charge in [0.2, 0.25) is 5.91 Å². The van der Waals surface area contributed by atoms with Crippen LogP contribution in [0.5, 0.6) is 0 Å². The third-order valence-corrected chi connectivity index (χ3v) is 5.34. The monoisotopic (exact) mass is 360 g/mol. The van der Waals surface area contributed by atoms with E-state index in [2.05, 4.69) is 26.2 Å². The van der Waals surface area contributed by atoms with Gasteiger partial charge in [0, 0.05) is 0 Å². The number of fused-ring (bicyclic) bond motifs is 1. The Morgan fingerprint density at radius 2 is 2.16 bits per heavy atom. The maximum absolute atomic E-state index is 12.0. The quantitative estimate of drug-likeness (QED) is 0.811. The molecule has 0 saturated heterocycles. The zero-order valence-corrected chi connectivity index (χ0v) is 14.0. The molecule has 0 bridgehead atoms. The van der Waals surface area contributed by atoms with Crippen molar-refractivity contribution in [2.45, 2.75) is 25.6 Å². The highest BCUT2D eigenvalue weighted by atomic mass is 79.9. The van der Waals surface area contributed by atoms with Crippen molar-refractivity contribution in [3.05, 3.63) is 22.7 Å². The molecule has 0 radical (unpaired) electrons. The predicted octanol–water partition coefficient (Wildman–Crippen LogP) is 4.62. The number of anilines is 1. The summed E-state index contributed by atoms with van der Waals surface area (Å²) in [5.41, 5.74) is 1.82. The first kappa shape index (κ1) is 14.8. The largest absolute Gasteiger partial charge is 0.301 e. The van der Waals surface area contributed by atoms with Crippen molar-refractivity contribution < 1.29 is 4.79 Å². The topological polar surface area (TPSA) is 42.0 Å². The van der Waals surface area contributed by atoms with E-state index in [-0.39, 0.29) is 16.7 Å². The Morgan fingerprint density at radius 1 is 1.47 bits per heavy atom. The van der Waals surface area contributed by atoms with E-state index in [1.54, 1.807) is 0 Å². The predicted molar refractivity (Wildman–Crippen MR) is 85.5 cm³/mol. The van der Waals surface area contributed by atoms with E-state index in [1.807, 2.05) is 32.9 Å². The maximum Gasteiger partial charge on any atom is 0.240 e. The number of halogens is 2. The smallest absolute Gasteiger partial charge is 0.240 e. The third-order valence-electron chi connectivity index (χ3n) is 2.66. The molecule has 1 atom stereocenters. The van der Waals surface area contributed by atoms with Crippen LogP contribution in [0, 0.1) is 12.8 Å². The van der Waals surface area contributed by atoms with Gasteiger partial charge in [-0.25, -0.2) is 4.98 Å². The first-order chi connectivity index (χ1) is 8.88. The van der Waals surface area contributed by atoms with Crippen LogP contribution >= 0.6 is 38.9 Å². The van der Waals surface area contributed by atoms with E-state index >= 15 is 0 Å². The van der Waals surface area contributed by atoms with Crippen molar-refractivity contribution in [1.82, 2.24) is 4.98 Å². The molecule has 102 valence electrons. The summed E-state index contributed by atoms with van der Waals surface area (Å²) in [5.74, 6) is 0.141. The number of amides is 1. The second-order valence-corrected chi connectivity index (χ2v) is 7.17. The van der Waals surface area contributed by atoms with Crippen LogP contribution in [0.4, 0.5) is 5.13 Å². The molecule has 1 amide bonds. The molecular weight excluding hydrogens is 348 g/mol. The van der Waals surface area contributed by atoms with Gasteiger partial charge in [-0.05, 0) is 30.5 Å². The molecule has 2 rings (SSSR count). The van der Waals surface area contributed by atoms with E-state index in [0.717, 1.165) is 15.8 Å². The van der Waals surface area contributed by atoms with Gasteiger partial charge >= 0.3 is 0 Å². The normalized spacial score (nSPS) is 12.9. The number of alkyl halides is 1. The Balaban J connectivity index is 2.27. The molecule has 1 aromatic heterocycles. The Labute approximate surface area is 129 Å². The van der Waals surface area contributed by atoms with Crippen molar-refractivity contribution in [2.75, 3.05) is 5.32 Å². The van der Waals surface area contributed by atoms with Crippen molar-refractivity contribution in [3.8, 4) is 0 Å². The number of carbonyl (C=O) groups excluding carboxylic acids is 1. The molecule has 1 aromatic carbocycles. The summed E-state index contributed by atoms with van der Waals surface area (Å²) in [6.45, 7) is 5.95. The molecule has 0 aliphatic heterocycles. The first-order valence-corrected chi connectivity index (χ1v) is 8.01. The molecule has 2 aromatic rings. The molecule has 0 aliphatic carbocycles. The van der Waals surface area contributed by atoms with Crippen molar-refractivity contribution >= 4 is 60.1 Å². The van der Waals surface area contributed by atoms with Crippen molar-refractivity contribution in [2.24, 2.45) is 5.92 Å². The van der Waals surface area contributed by atoms with E-state index in [0.29, 0.717) is 10.2 Å². The molecule has 0 spiro atoms. The van der Waals surface area contributed by atoms with Crippen molar-refractivity contribution in [1.29, 1.82) is 0 Å². The summed E-state index contributed by atoms with van der Waals surface area (Å²) in [4.78, 5) is 16.1. The fraction of sp³-hybridized carbons (Fsp3) is 0.385. The second kappa shape index (κ2) is 5.77. The zero-order valence-electron chi connectivity index (χ0n) is 10.8. The molecule has 1 heterocycles. The summed E-state index contributed by atoms with van der Waals surface area (Å²) in [6.07, 6.45) is 0. The molecule has 0 aliphatic rings. The molecule has 3 nitrogen and oxygen atoms in total. The Bertz CT molecular complexity index is 626. The number of benzene rings is 1. The van der Waals surface area contributed by atoms with Crippen LogP contribution in [-0.2, 0) is 4.79 Å². The fourth-order valence-corrected chi connectivity index (χ4v) is 3.13. The van der Waals surface area contributed by atoms with E-state index in [4.69, 9.17) is 11.6 Å². The number of nitrogens with zero attached hydrogens (tertiary/aromatic N) is 1. The highest BCUT2D eigenvalue weighted by Crippen LogP contribution is 2.32. The number of thiazole rings is 1. The molecule has 1 N–H and O–H groups in total. The van der Waals surface area contributed by atoms with Gasteiger partial charge in [-0.1, -0.05) is 52.7 Å². The lowest BCUT2D eigenvalue weighted by atomic mass is 10.1. The van der Waals surface area contributed by atoms with Gasteiger partial charge in [0.1, 0.15) is 5.52 Å². The summed E-state index contributed by atoms with van der Waals surface area (Å²) in [5, 5.41) is 4.02. The molecular formula is C13H14BrClN2OS. The number of aryl methyl sites for hydroxylation is 1. The standard InChI is InChI=1S/C13H14BrClN2OS/c1-6(2)10(14)12(18)17-13-16-11-8(15)4-7(3)5-9(11)19-13/h4-6,10H,1-3H3,(H,16,17,18)/t10-/m0/s1. The van der Waals surface area contributed by atoms with Crippen LogP contribution in [-0.4, -0.2) is 15.7 Å². The lowest BCUT2D eigenvalue weighted by Gasteiger charge is -2.11. The van der Waals surface area contributed by atoms with Crippen LogP contribution in [0.25, 0.3) is 10.2 Å². The Hall–Kier alpha value is -0.650. The number of hydrogen-bond donors (Lipinski definition) is 1. The maximum atomic E-state index is 12.0. The van der Waals surface area contributed by atoms with Gasteiger partial charge in [0.05, 0.1) is 14.5 Å². The molecule has 6 heteroatoms. The molecule has 0 saturated carbocycles. The number of nitrogens with one attached hydrogen (secondary N) is 1. The minimum atomic E-state index is -0.225. The van der Waals surface area contributed by atoms with Gasteiger partial charge in [0.25, 0.3) is 0 Å². The van der Waals surface area contributed by atoms with Crippen LogP contribution in [0.1, 0.15) is 19.4 Å². The number of hydrogen-bond acceptors (Lipinski definition) is 3. The van der Waals surface area contributed by atoms with Crippen LogP contribution in [0.2, 0.25) is 5.02 Å². The molecule has 0 unspecified atom stereocenters. The summed E-state index contributed by atoms with van der Waals surface area (Å²) in [7, 11) is 0. The minimum absolute atomic E-state index is 0.0816. The van der Waals surface area contributed by atoms with Gasteiger partial charge < -0.3 is 5.32 Å². The zero-order chi connectivity index (χ0) is 14.2. The number of rotatable bonds is 3. The lowest BCUT2D eigenvalue weighted by Crippen LogP contribution is -2.26. The molecule has 19 heavy (non-hydrogen) atoms. The summed E-state index contributed by atoms with van der Waals surface area (Å²) >= 11 is 11.0. The Morgan fingerprint density at radius 3 is 2.79 bits per heavy atom. The lowest BCUT2D eigenvalue weighted by molar-refractivity contribution is -0.116. The summed E-state index contributed by atoms with van der Waals surface area (Å²) in [6, 6.07) is 3.89. The summed E-state index contributed by atoms with van der Waals surface area (Å²) < 4.78 is 0.982. The first-order valence-electron chi connectivity index (χ1n) is 5.90. The minimum Gasteiger partial charge on any atom is -0.301 e. The SMILES string of the molecule is Cc1cc(Cl)c2nc(NC(=O)[C@@H](Br)C(C)C)sc2c1. The van der Waals surface area contributed by atoms with Gasteiger partial charge in [0.15, 0.2) is 5.13 Å².